The Hall–Kier alpha value is -4.49. The molecule has 14 heteroatoms. The predicted octanol–water partition coefficient (Wildman–Crippen LogP) is 7.57. The quantitative estimate of drug-likeness (QED) is 0.146. The van der Waals surface area contributed by atoms with Gasteiger partial charge in [-0.15, -0.1) is 10.2 Å². The second-order valence-electron chi connectivity index (χ2n) is 17.3. The van der Waals surface area contributed by atoms with Gasteiger partial charge < -0.3 is 34.5 Å². The van der Waals surface area contributed by atoms with E-state index < -0.39 is 11.7 Å². The predicted molar refractivity (Wildman–Crippen MR) is 215 cm³/mol. The molecule has 1 saturated carbocycles. The Morgan fingerprint density at radius 2 is 1.75 bits per heavy atom. The number of nitrogens with one attached hydrogen (secondary N) is 2. The average molecular weight is 784 g/mol. The van der Waals surface area contributed by atoms with Gasteiger partial charge in [0.25, 0.3) is 0 Å². The monoisotopic (exact) mass is 783 g/mol. The van der Waals surface area contributed by atoms with Crippen molar-refractivity contribution >= 4 is 40.8 Å². The fourth-order valence-electron chi connectivity index (χ4n) is 9.27. The number of benzene rings is 1. The third-order valence-corrected chi connectivity index (χ3v) is 12.3. The molecular weight excluding hydrogens is 730 g/mol. The Bertz CT molecular complexity index is 1980. The molecule has 3 aliphatic heterocycles. The number of H-pyrrole nitrogens is 1. The molecule has 8 rings (SSSR count). The Labute approximate surface area is 333 Å². The van der Waals surface area contributed by atoms with E-state index in [1.807, 2.05) is 74.5 Å². The number of halogens is 1. The molecule has 4 aromatic rings. The number of nitrogens with zero attached hydrogens (tertiary/aromatic N) is 7. The Kier molecular flexibility index (Phi) is 11.1. The number of piperidine rings is 1. The Morgan fingerprint density at radius 3 is 2.48 bits per heavy atom. The topological polar surface area (TPSA) is 142 Å². The molecule has 1 atom stereocenters. The molecular formula is C42H54ClN9O4. The zero-order valence-electron chi connectivity index (χ0n) is 32.8. The van der Waals surface area contributed by atoms with E-state index in [2.05, 4.69) is 30.3 Å². The summed E-state index contributed by atoms with van der Waals surface area (Å²) < 4.78 is 10.9. The van der Waals surface area contributed by atoms with Crippen molar-refractivity contribution in [1.82, 2.24) is 40.3 Å². The number of amides is 2. The van der Waals surface area contributed by atoms with Crippen molar-refractivity contribution in [2.75, 3.05) is 44.2 Å². The van der Waals surface area contributed by atoms with Crippen molar-refractivity contribution in [2.45, 2.75) is 109 Å². The number of hydrogen-bond acceptors (Lipinski definition) is 10. The molecule has 1 spiro atoms. The van der Waals surface area contributed by atoms with E-state index in [1.165, 1.54) is 29.7 Å². The standard InChI is InChI=1S/C42H54ClN9O4/c1-41(2,3)56-40(54)51-26-42(27-51)21-31(22-42)50-17-13-29(14-18-50)30-23-45-38(46-24-30)52-19-15-33-36(32-20-35(43)48-49-37(32)47-33)34(52)12-8-5-9-16-44-39(53)55-25-28-10-6-4-7-11-28/h4,6-7,10-11,20,23-24,29,31,34H,5,8-9,12-19,21-22,25-27H2,1-3H3,(H,44,53)(H,47,49). The summed E-state index contributed by atoms with van der Waals surface area (Å²) in [6, 6.07) is 12.3. The number of carbonyl (C=O) groups excluding carboxylic acids is 2. The number of hydrogen-bond donors (Lipinski definition) is 2. The molecule has 13 nitrogen and oxygen atoms in total. The number of unbranched alkanes of at least 4 members (excludes halogenated alkanes) is 2. The van der Waals surface area contributed by atoms with Crippen LogP contribution in [0.5, 0.6) is 0 Å². The lowest BCUT2D eigenvalue weighted by molar-refractivity contribution is -0.110. The van der Waals surface area contributed by atoms with Gasteiger partial charge in [0.15, 0.2) is 10.8 Å². The molecule has 1 aromatic carbocycles. The van der Waals surface area contributed by atoms with E-state index >= 15 is 0 Å². The van der Waals surface area contributed by atoms with Gasteiger partial charge in [-0.2, -0.15) is 0 Å². The largest absolute Gasteiger partial charge is 0.445 e. The molecule has 0 radical (unpaired) electrons. The number of fused-ring (bicyclic) bond motifs is 3. The molecule has 1 aliphatic carbocycles. The molecule has 0 bridgehead atoms. The summed E-state index contributed by atoms with van der Waals surface area (Å²) >= 11 is 6.36. The highest BCUT2D eigenvalue weighted by atomic mass is 35.5. The van der Waals surface area contributed by atoms with Gasteiger partial charge in [-0.3, -0.25) is 0 Å². The summed E-state index contributed by atoms with van der Waals surface area (Å²) in [4.78, 5) is 45.0. The summed E-state index contributed by atoms with van der Waals surface area (Å²) in [5.41, 5.74) is 5.12. The van der Waals surface area contributed by atoms with Crippen LogP contribution in [0.1, 0.15) is 106 Å². The first-order chi connectivity index (χ1) is 27.0. The Balaban J connectivity index is 0.839. The van der Waals surface area contributed by atoms with Crippen LogP contribution >= 0.6 is 11.6 Å². The second kappa shape index (κ2) is 16.2. The van der Waals surface area contributed by atoms with Crippen LogP contribution in [0.2, 0.25) is 5.15 Å². The van der Waals surface area contributed by atoms with Crippen molar-refractivity contribution in [1.29, 1.82) is 0 Å². The molecule has 6 heterocycles. The van der Waals surface area contributed by atoms with Gasteiger partial charge >= 0.3 is 12.2 Å². The maximum absolute atomic E-state index is 12.4. The third-order valence-electron chi connectivity index (χ3n) is 12.1. The van der Waals surface area contributed by atoms with Crippen LogP contribution in [0, 0.1) is 5.41 Å². The number of alkyl carbamates (subject to hydrolysis) is 1. The van der Waals surface area contributed by atoms with Crippen LogP contribution in [0.3, 0.4) is 0 Å². The van der Waals surface area contributed by atoms with E-state index in [4.69, 9.17) is 31.0 Å². The van der Waals surface area contributed by atoms with Gasteiger partial charge in [-0.05, 0) is 95.5 Å². The van der Waals surface area contributed by atoms with E-state index in [0.29, 0.717) is 23.7 Å². The highest BCUT2D eigenvalue weighted by Gasteiger charge is 2.55. The number of ether oxygens (including phenoxy) is 2. The first-order valence-corrected chi connectivity index (χ1v) is 20.7. The van der Waals surface area contributed by atoms with Crippen LogP contribution in [-0.4, -0.2) is 98.0 Å². The summed E-state index contributed by atoms with van der Waals surface area (Å²) in [6.45, 7) is 11.2. The van der Waals surface area contributed by atoms with Gasteiger partial charge in [0.05, 0.1) is 6.04 Å². The van der Waals surface area contributed by atoms with E-state index in [9.17, 15) is 9.59 Å². The number of anilines is 1. The minimum absolute atomic E-state index is 0.0447. The minimum Gasteiger partial charge on any atom is -0.445 e. The molecule has 2 amide bonds. The van der Waals surface area contributed by atoms with E-state index in [1.54, 1.807) is 0 Å². The van der Waals surface area contributed by atoms with Crippen LogP contribution in [0.15, 0.2) is 48.8 Å². The maximum Gasteiger partial charge on any atom is 0.410 e. The lowest BCUT2D eigenvalue weighted by atomic mass is 9.60. The Morgan fingerprint density at radius 1 is 1.00 bits per heavy atom. The van der Waals surface area contributed by atoms with Crippen LogP contribution in [0.4, 0.5) is 15.5 Å². The molecule has 3 fully saturated rings. The average Bonchev–Trinajstić information content (AvgIpc) is 3.52. The molecule has 3 aromatic heterocycles. The number of aromatic nitrogens is 5. The highest BCUT2D eigenvalue weighted by molar-refractivity contribution is 6.29. The second-order valence-corrected chi connectivity index (χ2v) is 17.7. The zero-order chi connectivity index (χ0) is 38.9. The number of likely N-dealkylation sites (tertiary alicyclic amines) is 2. The normalized spacial score (nSPS) is 20.0. The van der Waals surface area contributed by atoms with Gasteiger partial charge in [-0.1, -0.05) is 54.8 Å². The van der Waals surface area contributed by atoms with Crippen LogP contribution in [0.25, 0.3) is 11.0 Å². The van der Waals surface area contributed by atoms with Gasteiger partial charge in [0.2, 0.25) is 5.95 Å². The SMILES string of the molecule is CC(C)(C)OC(=O)N1CC2(CC(N3CCC(c4cnc(N5CCc6[nH]c7nnc(Cl)cc7c6C5CCCCCNC(=O)OCc5ccccc5)nc4)CC3)C2)C1. The number of carbonyl (C=O) groups is 2. The van der Waals surface area contributed by atoms with Crippen molar-refractivity contribution in [3.8, 4) is 0 Å². The number of aromatic amines is 1. The van der Waals surface area contributed by atoms with E-state index in [0.717, 1.165) is 100 Å². The molecule has 2 saturated heterocycles. The maximum atomic E-state index is 12.4. The molecule has 298 valence electrons. The van der Waals surface area contributed by atoms with Crippen molar-refractivity contribution in [3.05, 3.63) is 76.3 Å². The lowest BCUT2D eigenvalue weighted by Gasteiger charge is -2.61. The summed E-state index contributed by atoms with van der Waals surface area (Å²) in [7, 11) is 0. The van der Waals surface area contributed by atoms with Gasteiger partial charge in [0.1, 0.15) is 12.2 Å². The lowest BCUT2D eigenvalue weighted by Crippen LogP contribution is -2.68. The first-order valence-electron chi connectivity index (χ1n) is 20.3. The third kappa shape index (κ3) is 8.58. The highest BCUT2D eigenvalue weighted by Crippen LogP contribution is 2.51. The van der Waals surface area contributed by atoms with Crippen molar-refractivity contribution in [3.63, 3.8) is 0 Å². The van der Waals surface area contributed by atoms with Crippen LogP contribution in [-0.2, 0) is 22.5 Å². The molecule has 4 aliphatic rings. The van der Waals surface area contributed by atoms with Crippen molar-refractivity contribution < 1.29 is 19.1 Å². The molecule has 56 heavy (non-hydrogen) atoms. The molecule has 2 N–H and O–H groups in total. The zero-order valence-corrected chi connectivity index (χ0v) is 33.6. The fraction of sp³-hybridized carbons (Fsp3) is 0.571. The number of rotatable bonds is 11. The van der Waals surface area contributed by atoms with Crippen molar-refractivity contribution in [2.24, 2.45) is 5.41 Å². The first kappa shape index (κ1) is 38.4. The summed E-state index contributed by atoms with van der Waals surface area (Å²) in [5.74, 6) is 1.19. The summed E-state index contributed by atoms with van der Waals surface area (Å²) in [6.07, 6.45) is 12.5. The van der Waals surface area contributed by atoms with Gasteiger partial charge in [-0.25, -0.2) is 19.6 Å². The molecule has 1 unspecified atom stereocenters. The van der Waals surface area contributed by atoms with Gasteiger partial charge in [0, 0.05) is 73.1 Å². The minimum atomic E-state index is -0.454. The van der Waals surface area contributed by atoms with E-state index in [-0.39, 0.29) is 24.2 Å². The fourth-order valence-corrected chi connectivity index (χ4v) is 9.41. The smallest absolute Gasteiger partial charge is 0.410 e. The summed E-state index contributed by atoms with van der Waals surface area (Å²) in [5, 5.41) is 12.7. The van der Waals surface area contributed by atoms with Crippen LogP contribution < -0.4 is 10.2 Å².